The molecule has 0 aromatic heterocycles. The molecule has 0 aliphatic carbocycles. The Hall–Kier alpha value is -1.13. The highest BCUT2D eigenvalue weighted by Crippen LogP contribution is 2.22. The molecule has 0 spiro atoms. The van der Waals surface area contributed by atoms with Crippen LogP contribution in [0.4, 0.5) is 0 Å². The predicted molar refractivity (Wildman–Crippen MR) is 63.2 cm³/mol. The summed E-state index contributed by atoms with van der Waals surface area (Å²) in [6, 6.07) is 5.89. The van der Waals surface area contributed by atoms with Gasteiger partial charge >= 0.3 is 0 Å². The molecule has 1 N–H and O–H groups in total. The minimum atomic E-state index is -3.66. The van der Waals surface area contributed by atoms with Crippen LogP contribution in [0.25, 0.3) is 0 Å². The van der Waals surface area contributed by atoms with Crippen molar-refractivity contribution in [3.8, 4) is 6.07 Å². The van der Waals surface area contributed by atoms with Gasteiger partial charge in [-0.3, -0.25) is 0 Å². The summed E-state index contributed by atoms with van der Waals surface area (Å²) >= 11 is 5.80. The number of ether oxygens (including phenoxy) is 1. The van der Waals surface area contributed by atoms with Crippen molar-refractivity contribution in [2.75, 3.05) is 20.3 Å². The molecule has 0 fully saturated rings. The first kappa shape index (κ1) is 13.9. The lowest BCUT2D eigenvalue weighted by atomic mass is 10.2. The van der Waals surface area contributed by atoms with Gasteiger partial charge < -0.3 is 4.74 Å². The molecule has 1 aromatic carbocycles. The first-order valence-corrected chi connectivity index (χ1v) is 6.55. The van der Waals surface area contributed by atoms with Gasteiger partial charge in [-0.25, -0.2) is 13.1 Å². The second-order valence-corrected chi connectivity index (χ2v) is 5.29. The Bertz CT molecular complexity index is 537. The van der Waals surface area contributed by atoms with E-state index in [1.54, 1.807) is 0 Å². The van der Waals surface area contributed by atoms with Gasteiger partial charge in [0.2, 0.25) is 10.0 Å². The third-order valence-electron chi connectivity index (χ3n) is 1.95. The molecule has 0 amide bonds. The van der Waals surface area contributed by atoms with E-state index in [1.807, 2.05) is 6.07 Å². The SMILES string of the molecule is COCCNS(=O)(=O)c1ccc(C#N)cc1Cl. The Kier molecular flexibility index (Phi) is 4.90. The van der Waals surface area contributed by atoms with Gasteiger partial charge in [0.1, 0.15) is 4.90 Å². The lowest BCUT2D eigenvalue weighted by molar-refractivity contribution is 0.204. The van der Waals surface area contributed by atoms with E-state index in [1.165, 1.54) is 25.3 Å². The lowest BCUT2D eigenvalue weighted by Crippen LogP contribution is -2.27. The second-order valence-electron chi connectivity index (χ2n) is 3.15. The number of nitriles is 1. The summed E-state index contributed by atoms with van der Waals surface area (Å²) < 4.78 is 30.7. The van der Waals surface area contributed by atoms with Crippen molar-refractivity contribution in [2.24, 2.45) is 0 Å². The molecule has 0 aliphatic heterocycles. The van der Waals surface area contributed by atoms with Crippen LogP contribution in [0.2, 0.25) is 5.02 Å². The molecule has 1 rings (SSSR count). The Balaban J connectivity index is 2.96. The van der Waals surface area contributed by atoms with E-state index in [0.717, 1.165) is 0 Å². The molecule has 5 nitrogen and oxygen atoms in total. The van der Waals surface area contributed by atoms with Crippen molar-refractivity contribution in [3.63, 3.8) is 0 Å². The third-order valence-corrected chi connectivity index (χ3v) is 3.89. The highest BCUT2D eigenvalue weighted by Gasteiger charge is 2.17. The van der Waals surface area contributed by atoms with E-state index in [9.17, 15) is 8.42 Å². The van der Waals surface area contributed by atoms with E-state index in [4.69, 9.17) is 21.6 Å². The van der Waals surface area contributed by atoms with Crippen molar-refractivity contribution in [1.29, 1.82) is 5.26 Å². The Labute approximate surface area is 105 Å². The van der Waals surface area contributed by atoms with Crippen LogP contribution < -0.4 is 4.72 Å². The molecule has 1 aromatic rings. The van der Waals surface area contributed by atoms with Gasteiger partial charge in [0, 0.05) is 13.7 Å². The summed E-state index contributed by atoms with van der Waals surface area (Å²) in [4.78, 5) is -0.0470. The number of halogens is 1. The van der Waals surface area contributed by atoms with Crippen LogP contribution in [0.1, 0.15) is 5.56 Å². The third kappa shape index (κ3) is 3.68. The largest absolute Gasteiger partial charge is 0.383 e. The maximum atomic E-state index is 11.8. The van der Waals surface area contributed by atoms with Crippen LogP contribution in [0.5, 0.6) is 0 Å². The zero-order valence-electron chi connectivity index (χ0n) is 9.10. The van der Waals surface area contributed by atoms with Crippen molar-refractivity contribution < 1.29 is 13.2 Å². The topological polar surface area (TPSA) is 79.2 Å². The monoisotopic (exact) mass is 274 g/mol. The minimum absolute atomic E-state index is 0.0222. The van der Waals surface area contributed by atoms with Crippen LogP contribution in [0.15, 0.2) is 23.1 Å². The van der Waals surface area contributed by atoms with Crippen LogP contribution in [-0.4, -0.2) is 28.7 Å². The molecule has 0 radical (unpaired) electrons. The van der Waals surface area contributed by atoms with Crippen LogP contribution in [0.3, 0.4) is 0 Å². The van der Waals surface area contributed by atoms with Crippen molar-refractivity contribution >= 4 is 21.6 Å². The number of nitrogens with one attached hydrogen (secondary N) is 1. The molecule has 7 heteroatoms. The summed E-state index contributed by atoms with van der Waals surface area (Å²) in [6.45, 7) is 0.433. The van der Waals surface area contributed by atoms with Gasteiger partial charge in [-0.15, -0.1) is 0 Å². The molecule has 0 bridgehead atoms. The normalized spacial score (nSPS) is 11.1. The number of sulfonamides is 1. The lowest BCUT2D eigenvalue weighted by Gasteiger charge is -2.07. The fourth-order valence-corrected chi connectivity index (χ4v) is 2.70. The van der Waals surface area contributed by atoms with Gasteiger partial charge in [0.05, 0.1) is 23.3 Å². The predicted octanol–water partition coefficient (Wildman–Crippen LogP) is 1.14. The van der Waals surface area contributed by atoms with Gasteiger partial charge in [-0.05, 0) is 18.2 Å². The van der Waals surface area contributed by atoms with Crippen LogP contribution >= 0.6 is 11.6 Å². The molecule has 0 saturated carbocycles. The van der Waals surface area contributed by atoms with E-state index < -0.39 is 10.0 Å². The van der Waals surface area contributed by atoms with E-state index in [0.29, 0.717) is 5.56 Å². The maximum absolute atomic E-state index is 11.8. The zero-order chi connectivity index (χ0) is 12.9. The quantitative estimate of drug-likeness (QED) is 0.817. The molecule has 0 atom stereocenters. The van der Waals surface area contributed by atoms with Gasteiger partial charge in [0.25, 0.3) is 0 Å². The summed E-state index contributed by atoms with van der Waals surface area (Å²) in [7, 11) is -2.18. The summed E-state index contributed by atoms with van der Waals surface area (Å²) in [5.74, 6) is 0. The minimum Gasteiger partial charge on any atom is -0.383 e. The molecule has 0 heterocycles. The molecule has 0 aliphatic rings. The van der Waals surface area contributed by atoms with Gasteiger partial charge in [0.15, 0.2) is 0 Å². The number of nitrogens with zero attached hydrogens (tertiary/aromatic N) is 1. The van der Waals surface area contributed by atoms with Crippen LogP contribution in [0, 0.1) is 11.3 Å². The van der Waals surface area contributed by atoms with Crippen molar-refractivity contribution in [3.05, 3.63) is 28.8 Å². The first-order valence-electron chi connectivity index (χ1n) is 4.69. The Morgan fingerprint density at radius 1 is 1.53 bits per heavy atom. The molecule has 17 heavy (non-hydrogen) atoms. The second kappa shape index (κ2) is 5.98. The fraction of sp³-hybridized carbons (Fsp3) is 0.300. The molecule has 92 valence electrons. The maximum Gasteiger partial charge on any atom is 0.242 e. The molecule has 0 unspecified atom stereocenters. The summed E-state index contributed by atoms with van der Waals surface area (Å²) in [6.07, 6.45) is 0. The van der Waals surface area contributed by atoms with E-state index >= 15 is 0 Å². The van der Waals surface area contributed by atoms with Gasteiger partial charge in [-0.1, -0.05) is 11.6 Å². The molecule has 0 saturated heterocycles. The average molecular weight is 275 g/mol. The summed E-state index contributed by atoms with van der Waals surface area (Å²) in [5, 5.41) is 8.66. The Morgan fingerprint density at radius 3 is 2.76 bits per heavy atom. The molecular formula is C10H11ClN2O3S. The van der Waals surface area contributed by atoms with E-state index in [-0.39, 0.29) is 23.1 Å². The van der Waals surface area contributed by atoms with Crippen molar-refractivity contribution in [2.45, 2.75) is 4.90 Å². The van der Waals surface area contributed by atoms with Crippen molar-refractivity contribution in [1.82, 2.24) is 4.72 Å². The number of hydrogen-bond acceptors (Lipinski definition) is 4. The summed E-state index contributed by atoms with van der Waals surface area (Å²) in [5.41, 5.74) is 0.311. The van der Waals surface area contributed by atoms with Gasteiger partial charge in [-0.2, -0.15) is 5.26 Å². The highest BCUT2D eigenvalue weighted by atomic mass is 35.5. The molecular weight excluding hydrogens is 264 g/mol. The first-order chi connectivity index (χ1) is 8.01. The van der Waals surface area contributed by atoms with Crippen LogP contribution in [-0.2, 0) is 14.8 Å². The fourth-order valence-electron chi connectivity index (χ4n) is 1.14. The van der Waals surface area contributed by atoms with E-state index in [2.05, 4.69) is 4.72 Å². The highest BCUT2D eigenvalue weighted by molar-refractivity contribution is 7.89. The number of hydrogen-bond donors (Lipinski definition) is 1. The average Bonchev–Trinajstić information content (AvgIpc) is 2.28. The Morgan fingerprint density at radius 2 is 2.24 bits per heavy atom. The smallest absolute Gasteiger partial charge is 0.242 e. The number of methoxy groups -OCH3 is 1. The zero-order valence-corrected chi connectivity index (χ0v) is 10.7. The standard InChI is InChI=1S/C10H11ClN2O3S/c1-16-5-4-13-17(14,15)10-3-2-8(7-12)6-9(10)11/h2-3,6,13H,4-5H2,1H3. The number of rotatable bonds is 5. The number of benzene rings is 1.